The molecule has 8 heteroatoms. The van der Waals surface area contributed by atoms with Crippen LogP contribution in [0.2, 0.25) is 0 Å². The Balaban J connectivity index is 1.74. The molecular weight excluding hydrogens is 464 g/mol. The number of hydrogen-bond acceptors (Lipinski definition) is 5. The lowest BCUT2D eigenvalue weighted by Gasteiger charge is -2.24. The summed E-state index contributed by atoms with van der Waals surface area (Å²) in [5.41, 5.74) is 2.80. The summed E-state index contributed by atoms with van der Waals surface area (Å²) < 4.78 is 33.1. The summed E-state index contributed by atoms with van der Waals surface area (Å²) in [5.74, 6) is -0.720. The second-order valence-corrected chi connectivity index (χ2v) is 9.69. The van der Waals surface area contributed by atoms with Crippen molar-refractivity contribution >= 4 is 27.6 Å². The molecule has 0 unspecified atom stereocenters. The molecule has 0 heterocycles. The van der Waals surface area contributed by atoms with Crippen LogP contribution in [-0.4, -0.2) is 40.0 Å². The van der Waals surface area contributed by atoms with Crippen molar-refractivity contribution in [3.05, 3.63) is 84.4 Å². The van der Waals surface area contributed by atoms with Gasteiger partial charge in [-0.3, -0.25) is 13.9 Å². The molecule has 0 aliphatic heterocycles. The average molecular weight is 495 g/mol. The fraction of sp³-hybridized carbons (Fsp3) is 0.259. The van der Waals surface area contributed by atoms with E-state index in [0.717, 1.165) is 11.1 Å². The van der Waals surface area contributed by atoms with Gasteiger partial charge in [0.05, 0.1) is 23.6 Å². The lowest BCUT2D eigenvalue weighted by atomic mass is 10.1. The van der Waals surface area contributed by atoms with E-state index in [1.165, 1.54) is 4.31 Å². The van der Waals surface area contributed by atoms with Crippen molar-refractivity contribution in [2.75, 3.05) is 24.0 Å². The molecule has 0 atom stereocenters. The van der Waals surface area contributed by atoms with E-state index in [9.17, 15) is 18.0 Å². The molecule has 35 heavy (non-hydrogen) atoms. The number of anilines is 1. The quantitative estimate of drug-likeness (QED) is 0.392. The Kier molecular flexibility index (Phi) is 9.03. The van der Waals surface area contributed by atoms with Gasteiger partial charge >= 0.3 is 5.97 Å². The van der Waals surface area contributed by atoms with E-state index in [-0.39, 0.29) is 29.7 Å². The molecule has 0 aliphatic rings. The first kappa shape index (κ1) is 26.0. The molecular formula is C27H30N2O5S. The molecule has 0 aliphatic carbocycles. The lowest BCUT2D eigenvalue weighted by molar-refractivity contribution is -0.142. The number of amides is 1. The standard InChI is InChI=1S/C27H30N2O5S/c1-3-20-29(24-14-10-23(11-15-24)27(31)28-19-18-26(30)34-4-2)35(32,33)25-16-12-22(13-17-25)21-8-6-5-7-9-21/h5-17H,3-4,18-20H2,1-2H3,(H,28,31). The van der Waals surface area contributed by atoms with Crippen LogP contribution in [0.3, 0.4) is 0 Å². The number of nitrogens with zero attached hydrogens (tertiary/aromatic N) is 1. The zero-order valence-electron chi connectivity index (χ0n) is 19.9. The third-order valence-electron chi connectivity index (χ3n) is 5.31. The van der Waals surface area contributed by atoms with Gasteiger partial charge in [-0.1, -0.05) is 49.4 Å². The van der Waals surface area contributed by atoms with Gasteiger partial charge in [0.1, 0.15) is 0 Å². The first-order valence-electron chi connectivity index (χ1n) is 11.6. The zero-order valence-corrected chi connectivity index (χ0v) is 20.8. The van der Waals surface area contributed by atoms with Crippen molar-refractivity contribution in [3.63, 3.8) is 0 Å². The minimum absolute atomic E-state index is 0.0866. The van der Waals surface area contributed by atoms with Gasteiger partial charge in [0, 0.05) is 18.7 Å². The van der Waals surface area contributed by atoms with Gasteiger partial charge in [0.2, 0.25) is 0 Å². The van der Waals surface area contributed by atoms with Gasteiger partial charge in [0.15, 0.2) is 0 Å². The maximum atomic E-state index is 13.5. The second-order valence-electron chi connectivity index (χ2n) is 7.83. The molecule has 1 N–H and O–H groups in total. The fourth-order valence-corrected chi connectivity index (χ4v) is 5.12. The molecule has 0 saturated carbocycles. The first-order valence-corrected chi connectivity index (χ1v) is 13.0. The summed E-state index contributed by atoms with van der Waals surface area (Å²) in [6.45, 7) is 4.39. The van der Waals surface area contributed by atoms with Crippen LogP contribution in [0.15, 0.2) is 83.8 Å². The van der Waals surface area contributed by atoms with Crippen molar-refractivity contribution in [1.82, 2.24) is 5.32 Å². The minimum Gasteiger partial charge on any atom is -0.466 e. The third kappa shape index (κ3) is 6.70. The van der Waals surface area contributed by atoms with E-state index in [0.29, 0.717) is 30.8 Å². The van der Waals surface area contributed by atoms with Gasteiger partial charge in [-0.05, 0) is 60.9 Å². The molecule has 0 spiro atoms. The third-order valence-corrected chi connectivity index (χ3v) is 7.16. The summed E-state index contributed by atoms with van der Waals surface area (Å²) in [6, 6.07) is 23.0. The van der Waals surface area contributed by atoms with Gasteiger partial charge in [-0.15, -0.1) is 0 Å². The number of carbonyl (C=O) groups excluding carboxylic acids is 2. The van der Waals surface area contributed by atoms with Crippen LogP contribution in [-0.2, 0) is 19.6 Å². The van der Waals surface area contributed by atoms with Crippen molar-refractivity contribution in [2.45, 2.75) is 31.6 Å². The summed E-state index contributed by atoms with van der Waals surface area (Å²) in [7, 11) is -3.80. The Bertz CT molecular complexity index is 1220. The molecule has 3 rings (SSSR count). The fourth-order valence-electron chi connectivity index (χ4n) is 3.56. The number of carbonyl (C=O) groups is 2. The second kappa shape index (κ2) is 12.2. The maximum absolute atomic E-state index is 13.5. The van der Waals surface area contributed by atoms with Gasteiger partial charge in [0.25, 0.3) is 15.9 Å². The van der Waals surface area contributed by atoms with E-state index < -0.39 is 10.0 Å². The zero-order chi connectivity index (χ0) is 25.3. The van der Waals surface area contributed by atoms with E-state index in [2.05, 4.69) is 5.32 Å². The van der Waals surface area contributed by atoms with Crippen LogP contribution in [0, 0.1) is 0 Å². The number of benzene rings is 3. The summed E-state index contributed by atoms with van der Waals surface area (Å²) >= 11 is 0. The van der Waals surface area contributed by atoms with E-state index >= 15 is 0 Å². The highest BCUT2D eigenvalue weighted by molar-refractivity contribution is 7.92. The summed E-state index contributed by atoms with van der Waals surface area (Å²) in [6.07, 6.45) is 0.709. The Morgan fingerprint density at radius 3 is 2.09 bits per heavy atom. The van der Waals surface area contributed by atoms with Gasteiger partial charge in [-0.2, -0.15) is 0 Å². The monoisotopic (exact) mass is 494 g/mol. The predicted molar refractivity (Wildman–Crippen MR) is 137 cm³/mol. The van der Waals surface area contributed by atoms with Crippen LogP contribution in [0.4, 0.5) is 5.69 Å². The van der Waals surface area contributed by atoms with Gasteiger partial charge < -0.3 is 10.1 Å². The largest absolute Gasteiger partial charge is 0.466 e. The van der Waals surface area contributed by atoms with Crippen LogP contribution < -0.4 is 9.62 Å². The van der Waals surface area contributed by atoms with E-state index in [1.54, 1.807) is 55.5 Å². The topological polar surface area (TPSA) is 92.8 Å². The Morgan fingerprint density at radius 2 is 1.49 bits per heavy atom. The lowest BCUT2D eigenvalue weighted by Crippen LogP contribution is -2.32. The van der Waals surface area contributed by atoms with Crippen molar-refractivity contribution in [1.29, 1.82) is 0 Å². The molecule has 3 aromatic rings. The van der Waals surface area contributed by atoms with Crippen molar-refractivity contribution in [2.24, 2.45) is 0 Å². The van der Waals surface area contributed by atoms with Gasteiger partial charge in [-0.25, -0.2) is 8.42 Å². The highest BCUT2D eigenvalue weighted by atomic mass is 32.2. The first-order chi connectivity index (χ1) is 16.9. The minimum atomic E-state index is -3.80. The predicted octanol–water partition coefficient (Wildman–Crippen LogP) is 4.64. The molecule has 0 aromatic heterocycles. The summed E-state index contributed by atoms with van der Waals surface area (Å²) in [4.78, 5) is 24.0. The highest BCUT2D eigenvalue weighted by Crippen LogP contribution is 2.27. The Labute approximate surface area is 206 Å². The van der Waals surface area contributed by atoms with Crippen LogP contribution in [0.1, 0.15) is 37.0 Å². The number of esters is 1. The molecule has 1 amide bonds. The SMILES string of the molecule is CCCN(c1ccc(C(=O)NCCC(=O)OCC)cc1)S(=O)(=O)c1ccc(-c2ccccc2)cc1. The molecule has 184 valence electrons. The Hall–Kier alpha value is -3.65. The number of ether oxygens (including phenoxy) is 1. The summed E-state index contributed by atoms with van der Waals surface area (Å²) in [5, 5.41) is 2.67. The molecule has 3 aromatic carbocycles. The average Bonchev–Trinajstić information content (AvgIpc) is 2.88. The van der Waals surface area contributed by atoms with E-state index in [4.69, 9.17) is 4.74 Å². The van der Waals surface area contributed by atoms with Crippen molar-refractivity contribution in [3.8, 4) is 11.1 Å². The Morgan fingerprint density at radius 1 is 0.857 bits per heavy atom. The normalized spacial score (nSPS) is 11.0. The molecule has 0 saturated heterocycles. The van der Waals surface area contributed by atoms with Crippen LogP contribution >= 0.6 is 0 Å². The highest BCUT2D eigenvalue weighted by Gasteiger charge is 2.24. The molecule has 0 fully saturated rings. The van der Waals surface area contributed by atoms with Crippen molar-refractivity contribution < 1.29 is 22.7 Å². The van der Waals surface area contributed by atoms with E-state index in [1.807, 2.05) is 37.3 Å². The van der Waals surface area contributed by atoms with Crippen LogP contribution in [0.25, 0.3) is 11.1 Å². The number of rotatable bonds is 11. The smallest absolute Gasteiger partial charge is 0.307 e. The number of sulfonamides is 1. The number of hydrogen-bond donors (Lipinski definition) is 1. The number of nitrogens with one attached hydrogen (secondary N) is 1. The molecule has 0 bridgehead atoms. The molecule has 0 radical (unpaired) electrons. The van der Waals surface area contributed by atoms with Crippen LogP contribution in [0.5, 0.6) is 0 Å². The maximum Gasteiger partial charge on any atom is 0.307 e. The molecule has 7 nitrogen and oxygen atoms in total.